The van der Waals surface area contributed by atoms with Crippen LogP contribution in [0.1, 0.15) is 0 Å². The van der Waals surface area contributed by atoms with E-state index in [4.69, 9.17) is 10.5 Å². The molecule has 0 fully saturated rings. The predicted octanol–water partition coefficient (Wildman–Crippen LogP) is 3.61. The number of aromatic nitrogens is 1. The Morgan fingerprint density at radius 1 is 0.833 bits per heavy atom. The van der Waals surface area contributed by atoms with Crippen LogP contribution in [0.4, 0.5) is 5.69 Å². The van der Waals surface area contributed by atoms with E-state index in [9.17, 15) is 0 Å². The van der Waals surface area contributed by atoms with Gasteiger partial charge in [-0.3, -0.25) is 4.98 Å². The molecule has 0 atom stereocenters. The highest BCUT2D eigenvalue weighted by molar-refractivity contribution is 5.84. The summed E-state index contributed by atoms with van der Waals surface area (Å²) < 4.78 is 5.83. The molecule has 0 saturated carbocycles. The molecular weight excluding hydrogens is 224 g/mol. The average Bonchev–Trinajstić information content (AvgIpc) is 2.42. The summed E-state index contributed by atoms with van der Waals surface area (Å²) >= 11 is 0. The van der Waals surface area contributed by atoms with Gasteiger partial charge in [-0.05, 0) is 24.3 Å². The van der Waals surface area contributed by atoms with Crippen LogP contribution in [0.5, 0.6) is 11.5 Å². The largest absolute Gasteiger partial charge is 0.453 e. The predicted molar refractivity (Wildman–Crippen MR) is 72.7 cm³/mol. The molecule has 2 N–H and O–H groups in total. The number of anilines is 1. The molecule has 0 radical (unpaired) electrons. The van der Waals surface area contributed by atoms with Gasteiger partial charge >= 0.3 is 0 Å². The Balaban J connectivity index is 2.08. The zero-order chi connectivity index (χ0) is 12.4. The molecule has 0 aliphatic heterocycles. The quantitative estimate of drug-likeness (QED) is 0.691. The summed E-state index contributed by atoms with van der Waals surface area (Å²) in [5, 5.41) is 1.05. The second kappa shape index (κ2) is 4.37. The number of nitrogens with zero attached hydrogens (tertiary/aromatic N) is 1. The van der Waals surface area contributed by atoms with Crippen molar-refractivity contribution in [3.8, 4) is 11.5 Å². The van der Waals surface area contributed by atoms with Crippen LogP contribution in [0.3, 0.4) is 0 Å². The topological polar surface area (TPSA) is 48.1 Å². The average molecular weight is 236 g/mol. The number of pyridine rings is 1. The Hall–Kier alpha value is -2.55. The molecule has 3 heteroatoms. The molecule has 88 valence electrons. The van der Waals surface area contributed by atoms with Gasteiger partial charge < -0.3 is 10.5 Å². The first-order chi connectivity index (χ1) is 8.84. The maximum atomic E-state index is 5.87. The number of ether oxygens (including phenoxy) is 1. The lowest BCUT2D eigenvalue weighted by Crippen LogP contribution is -1.92. The number of hydrogen-bond donors (Lipinski definition) is 1. The van der Waals surface area contributed by atoms with Crippen molar-refractivity contribution < 1.29 is 4.74 Å². The Morgan fingerprint density at radius 3 is 2.50 bits per heavy atom. The minimum atomic E-state index is 0.616. The third-order valence-electron chi connectivity index (χ3n) is 2.73. The van der Waals surface area contributed by atoms with E-state index in [2.05, 4.69) is 4.98 Å². The Bertz CT molecular complexity index is 689. The highest BCUT2D eigenvalue weighted by Gasteiger charge is 2.05. The molecule has 18 heavy (non-hydrogen) atoms. The van der Waals surface area contributed by atoms with Crippen LogP contribution in [0.2, 0.25) is 0 Å². The van der Waals surface area contributed by atoms with Crippen LogP contribution in [-0.4, -0.2) is 4.98 Å². The minimum Gasteiger partial charge on any atom is -0.453 e. The highest BCUT2D eigenvalue weighted by atomic mass is 16.5. The van der Waals surface area contributed by atoms with Crippen LogP contribution < -0.4 is 10.5 Å². The molecule has 3 rings (SSSR count). The zero-order valence-electron chi connectivity index (χ0n) is 9.71. The van der Waals surface area contributed by atoms with Crippen molar-refractivity contribution >= 4 is 16.6 Å². The second-order valence-corrected chi connectivity index (χ2v) is 3.97. The summed E-state index contributed by atoms with van der Waals surface area (Å²) in [4.78, 5) is 4.34. The van der Waals surface area contributed by atoms with Gasteiger partial charge in [0.2, 0.25) is 0 Å². The van der Waals surface area contributed by atoms with Crippen molar-refractivity contribution in [2.24, 2.45) is 0 Å². The number of fused-ring (bicyclic) bond motifs is 1. The maximum Gasteiger partial charge on any atom is 0.153 e. The van der Waals surface area contributed by atoms with Crippen LogP contribution in [0, 0.1) is 0 Å². The number of nitrogen functional groups attached to an aromatic ring is 1. The lowest BCUT2D eigenvalue weighted by molar-refractivity contribution is 0.489. The normalized spacial score (nSPS) is 10.4. The molecule has 1 heterocycles. The molecule has 0 aliphatic rings. The van der Waals surface area contributed by atoms with E-state index >= 15 is 0 Å². The van der Waals surface area contributed by atoms with Crippen LogP contribution in [0.15, 0.2) is 60.8 Å². The Labute approximate surface area is 105 Å². The first-order valence-corrected chi connectivity index (χ1v) is 5.71. The summed E-state index contributed by atoms with van der Waals surface area (Å²) in [6, 6.07) is 17.2. The highest BCUT2D eigenvalue weighted by Crippen LogP contribution is 2.31. The molecule has 3 nitrogen and oxygen atoms in total. The van der Waals surface area contributed by atoms with Crippen molar-refractivity contribution in [1.82, 2.24) is 4.98 Å². The van der Waals surface area contributed by atoms with E-state index in [-0.39, 0.29) is 0 Å². The number of rotatable bonds is 2. The van der Waals surface area contributed by atoms with Gasteiger partial charge in [0.15, 0.2) is 5.75 Å². The monoisotopic (exact) mass is 236 g/mol. The summed E-state index contributed by atoms with van der Waals surface area (Å²) in [6.07, 6.45) is 1.75. The lowest BCUT2D eigenvalue weighted by atomic mass is 10.2. The SMILES string of the molecule is Nc1ccccc1Oc1cccc2cccnc12. The zero-order valence-corrected chi connectivity index (χ0v) is 9.71. The molecule has 0 spiro atoms. The summed E-state index contributed by atoms with van der Waals surface area (Å²) in [5.74, 6) is 1.36. The second-order valence-electron chi connectivity index (χ2n) is 3.97. The van der Waals surface area contributed by atoms with E-state index in [1.807, 2.05) is 54.6 Å². The molecule has 2 aromatic carbocycles. The molecule has 0 saturated heterocycles. The van der Waals surface area contributed by atoms with Crippen molar-refractivity contribution in [1.29, 1.82) is 0 Å². The van der Waals surface area contributed by atoms with Crippen LogP contribution in [0.25, 0.3) is 10.9 Å². The van der Waals surface area contributed by atoms with Gasteiger partial charge in [0.25, 0.3) is 0 Å². The van der Waals surface area contributed by atoms with E-state index in [0.717, 1.165) is 10.9 Å². The van der Waals surface area contributed by atoms with Gasteiger partial charge in [0.1, 0.15) is 11.3 Å². The summed E-state index contributed by atoms with van der Waals surface area (Å²) in [7, 11) is 0. The van der Waals surface area contributed by atoms with Gasteiger partial charge in [-0.1, -0.05) is 30.3 Å². The van der Waals surface area contributed by atoms with Gasteiger partial charge in [0, 0.05) is 11.6 Å². The van der Waals surface area contributed by atoms with E-state index < -0.39 is 0 Å². The van der Waals surface area contributed by atoms with Crippen molar-refractivity contribution in [3.05, 3.63) is 60.8 Å². The first kappa shape index (κ1) is 10.6. The standard InChI is InChI=1S/C15H12N2O/c16-12-7-1-2-8-13(12)18-14-9-3-5-11-6-4-10-17-15(11)14/h1-10H,16H2. The van der Waals surface area contributed by atoms with E-state index in [0.29, 0.717) is 17.2 Å². The van der Waals surface area contributed by atoms with Gasteiger partial charge in [-0.15, -0.1) is 0 Å². The molecule has 0 amide bonds. The Kier molecular flexibility index (Phi) is 2.57. The minimum absolute atomic E-state index is 0.616. The third-order valence-corrected chi connectivity index (χ3v) is 2.73. The van der Waals surface area contributed by atoms with Gasteiger partial charge in [-0.2, -0.15) is 0 Å². The van der Waals surface area contributed by atoms with Gasteiger partial charge in [0.05, 0.1) is 5.69 Å². The molecule has 0 aliphatic carbocycles. The maximum absolute atomic E-state index is 5.87. The van der Waals surface area contributed by atoms with Crippen LogP contribution >= 0.6 is 0 Å². The van der Waals surface area contributed by atoms with Crippen molar-refractivity contribution in [2.45, 2.75) is 0 Å². The fourth-order valence-corrected chi connectivity index (χ4v) is 1.85. The fraction of sp³-hybridized carbons (Fsp3) is 0. The van der Waals surface area contributed by atoms with E-state index in [1.54, 1.807) is 6.20 Å². The van der Waals surface area contributed by atoms with E-state index in [1.165, 1.54) is 0 Å². The number of para-hydroxylation sites is 3. The molecule has 3 aromatic rings. The van der Waals surface area contributed by atoms with Crippen molar-refractivity contribution in [2.75, 3.05) is 5.73 Å². The molecule has 0 bridgehead atoms. The van der Waals surface area contributed by atoms with Gasteiger partial charge in [-0.25, -0.2) is 0 Å². The number of hydrogen-bond acceptors (Lipinski definition) is 3. The lowest BCUT2D eigenvalue weighted by Gasteiger charge is -2.09. The molecular formula is C15H12N2O. The molecule has 1 aromatic heterocycles. The summed E-state index contributed by atoms with van der Waals surface area (Å²) in [6.45, 7) is 0. The van der Waals surface area contributed by atoms with Crippen molar-refractivity contribution in [3.63, 3.8) is 0 Å². The molecule has 0 unspecified atom stereocenters. The Morgan fingerprint density at radius 2 is 1.61 bits per heavy atom. The third kappa shape index (κ3) is 1.86. The summed E-state index contributed by atoms with van der Waals surface area (Å²) in [5.41, 5.74) is 7.32. The number of benzene rings is 2. The fourth-order valence-electron chi connectivity index (χ4n) is 1.85. The van der Waals surface area contributed by atoms with Crippen LogP contribution in [-0.2, 0) is 0 Å². The first-order valence-electron chi connectivity index (χ1n) is 5.71. The number of nitrogens with two attached hydrogens (primary N) is 1. The smallest absolute Gasteiger partial charge is 0.153 e.